The summed E-state index contributed by atoms with van der Waals surface area (Å²) in [5, 5.41) is 12.2. The van der Waals surface area contributed by atoms with Crippen molar-refractivity contribution >= 4 is 29.0 Å². The van der Waals surface area contributed by atoms with Crippen molar-refractivity contribution in [3.05, 3.63) is 29.0 Å². The lowest BCUT2D eigenvalue weighted by Crippen LogP contribution is -2.06. The van der Waals surface area contributed by atoms with Crippen molar-refractivity contribution in [3.63, 3.8) is 0 Å². The highest BCUT2D eigenvalue weighted by Crippen LogP contribution is 2.25. The van der Waals surface area contributed by atoms with E-state index in [2.05, 4.69) is 25.3 Å². The van der Waals surface area contributed by atoms with Crippen molar-refractivity contribution in [1.82, 2.24) is 34.6 Å². The maximum atomic E-state index is 6.11. The van der Waals surface area contributed by atoms with E-state index in [0.717, 1.165) is 0 Å². The minimum atomic E-state index is 0.168. The molecule has 0 aliphatic heterocycles. The first-order valence-corrected chi connectivity index (χ1v) is 4.94. The average molecular weight is 256 g/mol. The quantitative estimate of drug-likeness (QED) is 0.607. The van der Waals surface area contributed by atoms with Gasteiger partial charge < -0.3 is 0 Å². The Hall–Kier alpha value is -1.73. The predicted molar refractivity (Wildman–Crippen MR) is 55.7 cm³/mol. The number of nitrogens with zero attached hydrogens (tertiary/aromatic N) is 7. The molecule has 7 nitrogen and oxygen atoms in total. The van der Waals surface area contributed by atoms with Gasteiger partial charge in [-0.2, -0.15) is 29.8 Å². The van der Waals surface area contributed by atoms with Crippen LogP contribution in [0.15, 0.2) is 18.7 Å². The van der Waals surface area contributed by atoms with Crippen molar-refractivity contribution in [2.24, 2.45) is 0 Å². The van der Waals surface area contributed by atoms with E-state index in [1.165, 1.54) is 28.0 Å². The molecule has 3 rings (SSSR count). The number of hydrogen-bond donors (Lipinski definition) is 0. The van der Waals surface area contributed by atoms with Gasteiger partial charge in [0, 0.05) is 0 Å². The number of aromatic nitrogens is 7. The highest BCUT2D eigenvalue weighted by Gasteiger charge is 2.16. The van der Waals surface area contributed by atoms with E-state index in [1.807, 2.05) is 0 Å². The van der Waals surface area contributed by atoms with Crippen LogP contribution in [-0.4, -0.2) is 34.6 Å². The Kier molecular flexibility index (Phi) is 2.01. The number of rotatable bonds is 1. The Labute approximate surface area is 98.6 Å². The molecule has 80 valence electrons. The molecule has 0 aromatic carbocycles. The summed E-state index contributed by atoms with van der Waals surface area (Å²) in [7, 11) is 0. The van der Waals surface area contributed by atoms with E-state index in [9.17, 15) is 0 Å². The van der Waals surface area contributed by atoms with Crippen molar-refractivity contribution in [2.75, 3.05) is 0 Å². The summed E-state index contributed by atoms with van der Waals surface area (Å²) < 4.78 is 1.35. The molecule has 0 fully saturated rings. The van der Waals surface area contributed by atoms with Crippen molar-refractivity contribution in [3.8, 4) is 5.69 Å². The zero-order valence-corrected chi connectivity index (χ0v) is 9.13. The highest BCUT2D eigenvalue weighted by molar-refractivity contribution is 6.36. The third kappa shape index (κ3) is 1.25. The van der Waals surface area contributed by atoms with Gasteiger partial charge in [-0.05, 0) is 0 Å². The van der Waals surface area contributed by atoms with Gasteiger partial charge in [-0.25, -0.2) is 0 Å². The van der Waals surface area contributed by atoms with Crippen molar-refractivity contribution in [1.29, 1.82) is 0 Å². The second kappa shape index (κ2) is 3.39. The van der Waals surface area contributed by atoms with Crippen LogP contribution in [0.1, 0.15) is 0 Å². The highest BCUT2D eigenvalue weighted by atomic mass is 35.5. The minimum absolute atomic E-state index is 0.168. The Balaban J connectivity index is 2.39. The second-order valence-corrected chi connectivity index (χ2v) is 3.55. The van der Waals surface area contributed by atoms with Gasteiger partial charge in [0.1, 0.15) is 6.33 Å². The number of hydrogen-bond acceptors (Lipinski definition) is 5. The van der Waals surface area contributed by atoms with Gasteiger partial charge >= 0.3 is 0 Å². The molecular formula is C7H3Cl2N7. The van der Waals surface area contributed by atoms with E-state index >= 15 is 0 Å². The molecule has 0 unspecified atom stereocenters. The molecule has 3 aromatic rings. The van der Waals surface area contributed by atoms with Crippen LogP contribution < -0.4 is 0 Å². The largest absolute Gasteiger partial charge is 0.255 e. The average Bonchev–Trinajstić information content (AvgIpc) is 2.87. The summed E-state index contributed by atoms with van der Waals surface area (Å²) in [5.41, 5.74) is 0.367. The molecule has 0 N–H and O–H groups in total. The van der Waals surface area contributed by atoms with Gasteiger partial charge in [-0.15, -0.1) is 4.80 Å². The van der Waals surface area contributed by atoms with Gasteiger partial charge in [-0.1, -0.05) is 23.2 Å². The predicted octanol–water partition coefficient (Wildman–Crippen LogP) is 1.01. The molecular weight excluding hydrogens is 253 g/mol. The van der Waals surface area contributed by atoms with E-state index in [4.69, 9.17) is 23.2 Å². The summed E-state index contributed by atoms with van der Waals surface area (Å²) >= 11 is 12.1. The van der Waals surface area contributed by atoms with Gasteiger partial charge in [-0.3, -0.25) is 0 Å². The van der Waals surface area contributed by atoms with Crippen LogP contribution in [0.25, 0.3) is 11.5 Å². The van der Waals surface area contributed by atoms with Crippen LogP contribution in [0.2, 0.25) is 10.3 Å². The van der Waals surface area contributed by atoms with E-state index in [0.29, 0.717) is 11.5 Å². The molecule has 9 heteroatoms. The molecule has 0 atom stereocenters. The topological polar surface area (TPSA) is 73.8 Å². The van der Waals surface area contributed by atoms with Gasteiger partial charge in [0.05, 0.1) is 12.4 Å². The maximum Gasteiger partial charge on any atom is 0.255 e. The smallest absolute Gasteiger partial charge is 0.197 e. The molecule has 0 saturated carbocycles. The first-order chi connectivity index (χ1) is 7.77. The van der Waals surface area contributed by atoms with E-state index < -0.39 is 0 Å². The number of halogens is 2. The standard InChI is InChI=1S/C7H3Cl2N7/c8-5-4(16-11-1-2-12-16)6(9)15-7(14-5)10-3-13-15/h1-3H. The van der Waals surface area contributed by atoms with Gasteiger partial charge in [0.15, 0.2) is 16.0 Å². The zero-order valence-electron chi connectivity index (χ0n) is 7.62. The Morgan fingerprint density at radius 2 is 1.81 bits per heavy atom. The maximum absolute atomic E-state index is 6.11. The monoisotopic (exact) mass is 255 g/mol. The summed E-state index contributed by atoms with van der Waals surface area (Å²) in [6.45, 7) is 0. The summed E-state index contributed by atoms with van der Waals surface area (Å²) in [6, 6.07) is 0. The van der Waals surface area contributed by atoms with E-state index in [1.54, 1.807) is 0 Å². The molecule has 0 saturated heterocycles. The normalized spacial score (nSPS) is 11.1. The lowest BCUT2D eigenvalue weighted by molar-refractivity contribution is 0.737. The van der Waals surface area contributed by atoms with Gasteiger partial charge in [0.25, 0.3) is 5.78 Å². The third-order valence-electron chi connectivity index (χ3n) is 1.92. The van der Waals surface area contributed by atoms with Crippen molar-refractivity contribution < 1.29 is 0 Å². The SMILES string of the molecule is Clc1nc2ncnn2c(Cl)c1-n1nccn1. The molecule has 0 bridgehead atoms. The van der Waals surface area contributed by atoms with Crippen LogP contribution in [0, 0.1) is 0 Å². The third-order valence-corrected chi connectivity index (χ3v) is 2.53. The number of fused-ring (bicyclic) bond motifs is 1. The fraction of sp³-hybridized carbons (Fsp3) is 0. The first-order valence-electron chi connectivity index (χ1n) is 4.19. The van der Waals surface area contributed by atoms with E-state index in [-0.39, 0.29) is 10.3 Å². The Morgan fingerprint density at radius 1 is 1.06 bits per heavy atom. The summed E-state index contributed by atoms with van der Waals surface area (Å²) in [5.74, 6) is 0.325. The van der Waals surface area contributed by atoms with Crippen molar-refractivity contribution in [2.45, 2.75) is 0 Å². The fourth-order valence-electron chi connectivity index (χ4n) is 1.27. The lowest BCUT2D eigenvalue weighted by atomic mass is 10.5. The van der Waals surface area contributed by atoms with Crippen LogP contribution in [0.4, 0.5) is 0 Å². The molecule has 0 aliphatic rings. The molecule has 3 aromatic heterocycles. The molecule has 0 spiro atoms. The molecule has 0 amide bonds. The van der Waals surface area contributed by atoms with Crippen LogP contribution in [0.5, 0.6) is 0 Å². The molecule has 16 heavy (non-hydrogen) atoms. The minimum Gasteiger partial charge on any atom is -0.197 e. The summed E-state index contributed by atoms with van der Waals surface area (Å²) in [4.78, 5) is 9.18. The van der Waals surface area contributed by atoms with Crippen LogP contribution in [-0.2, 0) is 0 Å². The fourth-order valence-corrected chi connectivity index (χ4v) is 1.85. The first kappa shape index (κ1) is 9.49. The Bertz CT molecular complexity index is 644. The zero-order chi connectivity index (χ0) is 11.1. The molecule has 3 heterocycles. The van der Waals surface area contributed by atoms with Crippen LogP contribution in [0.3, 0.4) is 0 Å². The summed E-state index contributed by atoms with van der Waals surface area (Å²) in [6.07, 6.45) is 4.36. The lowest BCUT2D eigenvalue weighted by Gasteiger charge is -2.05. The Morgan fingerprint density at radius 3 is 2.56 bits per heavy atom. The molecule has 0 aliphatic carbocycles. The van der Waals surface area contributed by atoms with Gasteiger partial charge in [0.2, 0.25) is 0 Å². The van der Waals surface area contributed by atoms with Crippen LogP contribution >= 0.6 is 23.2 Å². The molecule has 0 radical (unpaired) electrons. The second-order valence-electron chi connectivity index (χ2n) is 2.83.